The summed E-state index contributed by atoms with van der Waals surface area (Å²) in [6, 6.07) is 0. The van der Waals surface area contributed by atoms with E-state index in [1.54, 1.807) is 0 Å². The molecule has 0 aromatic heterocycles. The van der Waals surface area contributed by atoms with Gasteiger partial charge in [-0.3, -0.25) is 19.2 Å². The molecule has 1 unspecified atom stereocenters. The Morgan fingerprint density at radius 2 is 1.17 bits per heavy atom. The number of rotatable bonds is 11. The average molecular weight is 339 g/mol. The Morgan fingerprint density at radius 3 is 1.43 bits per heavy atom. The van der Waals surface area contributed by atoms with E-state index in [2.05, 4.69) is 0 Å². The van der Waals surface area contributed by atoms with Crippen LogP contribution in [0, 0.1) is 0 Å². The van der Waals surface area contributed by atoms with Crippen LogP contribution in [0.4, 0.5) is 4.39 Å². The van der Waals surface area contributed by atoms with Crippen molar-refractivity contribution in [3.63, 3.8) is 0 Å². The van der Waals surface area contributed by atoms with Crippen LogP contribution < -0.4 is 5.73 Å². The predicted octanol–water partition coefficient (Wildman–Crippen LogP) is 0.709. The number of hydrogen-bond acceptors (Lipinski definition) is 5. The van der Waals surface area contributed by atoms with Crippen molar-refractivity contribution in [1.29, 1.82) is 0 Å². The van der Waals surface area contributed by atoms with Crippen LogP contribution in [0.15, 0.2) is 0 Å². The lowest BCUT2D eigenvalue weighted by Gasteiger charge is -2.19. The quantitative estimate of drug-likeness (QED) is 0.339. The van der Waals surface area contributed by atoms with Crippen LogP contribution in [0.5, 0.6) is 0 Å². The Bertz CT molecular complexity index is 399. The summed E-state index contributed by atoms with van der Waals surface area (Å²) >= 11 is 0. The third-order valence-electron chi connectivity index (χ3n) is 2.73. The molecule has 0 saturated heterocycles. The fourth-order valence-electron chi connectivity index (χ4n) is 1.29. The molecule has 0 rings (SSSR count). The topological polar surface area (TPSA) is 175 Å². The zero-order chi connectivity index (χ0) is 18.5. The average Bonchev–Trinajstić information content (AvgIpc) is 2.44. The molecule has 23 heavy (non-hydrogen) atoms. The molecule has 0 saturated carbocycles. The molecule has 134 valence electrons. The maximum atomic E-state index is 12.0. The van der Waals surface area contributed by atoms with Crippen LogP contribution in [0.25, 0.3) is 0 Å². The van der Waals surface area contributed by atoms with E-state index in [0.717, 1.165) is 0 Å². The Kier molecular flexibility index (Phi) is 12.4. The van der Waals surface area contributed by atoms with E-state index in [0.29, 0.717) is 19.3 Å². The summed E-state index contributed by atoms with van der Waals surface area (Å²) in [7, 11) is 0. The van der Waals surface area contributed by atoms with Crippen molar-refractivity contribution in [1.82, 2.24) is 0 Å². The first kappa shape index (κ1) is 23.0. The van der Waals surface area contributed by atoms with Crippen LogP contribution in [-0.4, -0.2) is 56.5 Å². The number of alkyl halides is 1. The second-order valence-corrected chi connectivity index (χ2v) is 4.84. The highest BCUT2D eigenvalue weighted by Gasteiger charge is 2.34. The highest BCUT2D eigenvalue weighted by Crippen LogP contribution is 2.10. The van der Waals surface area contributed by atoms with Gasteiger partial charge in [0.1, 0.15) is 12.2 Å². The Hall–Kier alpha value is -2.23. The zero-order valence-electron chi connectivity index (χ0n) is 12.5. The molecule has 0 radical (unpaired) electrons. The molecule has 10 heteroatoms. The minimum absolute atomic E-state index is 0.139. The SMILES string of the molecule is NC(CF)(CCC(=O)O)C(=O)O.O=C(O)CCCCCC(=O)O. The summed E-state index contributed by atoms with van der Waals surface area (Å²) in [5, 5.41) is 33.0. The first-order chi connectivity index (χ1) is 10.5. The van der Waals surface area contributed by atoms with Gasteiger partial charge >= 0.3 is 23.9 Å². The van der Waals surface area contributed by atoms with Gasteiger partial charge < -0.3 is 26.2 Å². The third kappa shape index (κ3) is 14.5. The molecule has 0 aliphatic heterocycles. The van der Waals surface area contributed by atoms with Crippen molar-refractivity contribution in [2.24, 2.45) is 5.73 Å². The molecule has 0 fully saturated rings. The summed E-state index contributed by atoms with van der Waals surface area (Å²) in [6.07, 6.45) is 1.24. The van der Waals surface area contributed by atoms with Gasteiger partial charge in [0, 0.05) is 19.3 Å². The number of aliphatic carboxylic acids is 4. The van der Waals surface area contributed by atoms with Crippen LogP contribution in [0.1, 0.15) is 44.9 Å². The van der Waals surface area contributed by atoms with Crippen molar-refractivity contribution < 1.29 is 44.0 Å². The fraction of sp³-hybridized carbons (Fsp3) is 0.692. The van der Waals surface area contributed by atoms with Crippen LogP contribution in [-0.2, 0) is 19.2 Å². The summed E-state index contributed by atoms with van der Waals surface area (Å²) < 4.78 is 12.0. The van der Waals surface area contributed by atoms with Gasteiger partial charge in [0.15, 0.2) is 0 Å². The van der Waals surface area contributed by atoms with Gasteiger partial charge in [-0.25, -0.2) is 4.39 Å². The molecule has 0 amide bonds. The number of carboxylic acids is 4. The highest BCUT2D eigenvalue weighted by molar-refractivity contribution is 5.79. The van der Waals surface area contributed by atoms with Crippen LogP contribution in [0.2, 0.25) is 0 Å². The van der Waals surface area contributed by atoms with E-state index >= 15 is 0 Å². The molecule has 1 atom stereocenters. The maximum absolute atomic E-state index is 12.0. The van der Waals surface area contributed by atoms with E-state index in [1.165, 1.54) is 0 Å². The maximum Gasteiger partial charge on any atom is 0.326 e. The van der Waals surface area contributed by atoms with E-state index in [-0.39, 0.29) is 12.8 Å². The molecule has 0 heterocycles. The van der Waals surface area contributed by atoms with Gasteiger partial charge in [0.05, 0.1) is 0 Å². The third-order valence-corrected chi connectivity index (χ3v) is 2.73. The number of carboxylic acid groups (broad SMARTS) is 4. The molecule has 0 aliphatic carbocycles. The molecular formula is C13H22FNO8. The van der Waals surface area contributed by atoms with Crippen molar-refractivity contribution in [3.05, 3.63) is 0 Å². The number of hydrogen-bond donors (Lipinski definition) is 5. The lowest BCUT2D eigenvalue weighted by molar-refractivity contribution is -0.145. The zero-order valence-corrected chi connectivity index (χ0v) is 12.5. The normalized spacial score (nSPS) is 12.4. The Morgan fingerprint density at radius 1 is 0.783 bits per heavy atom. The molecule has 6 N–H and O–H groups in total. The van der Waals surface area contributed by atoms with E-state index in [4.69, 9.17) is 26.2 Å². The molecular weight excluding hydrogens is 317 g/mol. The van der Waals surface area contributed by atoms with Gasteiger partial charge in [0.2, 0.25) is 0 Å². The number of carbonyl (C=O) groups is 4. The molecule has 0 spiro atoms. The summed E-state index contributed by atoms with van der Waals surface area (Å²) in [5.74, 6) is -4.36. The molecule has 9 nitrogen and oxygen atoms in total. The van der Waals surface area contributed by atoms with Gasteiger partial charge in [0.25, 0.3) is 0 Å². The van der Waals surface area contributed by atoms with E-state index < -0.39 is 48.9 Å². The molecule has 0 aromatic rings. The highest BCUT2D eigenvalue weighted by atomic mass is 19.1. The monoisotopic (exact) mass is 339 g/mol. The number of halogens is 1. The lowest BCUT2D eigenvalue weighted by atomic mass is 9.97. The van der Waals surface area contributed by atoms with Crippen LogP contribution >= 0.6 is 0 Å². The van der Waals surface area contributed by atoms with E-state index in [9.17, 15) is 23.6 Å². The second kappa shape index (κ2) is 12.3. The van der Waals surface area contributed by atoms with Crippen LogP contribution in [0.3, 0.4) is 0 Å². The lowest BCUT2D eigenvalue weighted by Crippen LogP contribution is -2.50. The van der Waals surface area contributed by atoms with Gasteiger partial charge in [-0.05, 0) is 19.3 Å². The smallest absolute Gasteiger partial charge is 0.326 e. The molecule has 0 bridgehead atoms. The van der Waals surface area contributed by atoms with Crippen molar-refractivity contribution in [2.45, 2.75) is 50.5 Å². The largest absolute Gasteiger partial charge is 0.481 e. The Labute approximate surface area is 131 Å². The van der Waals surface area contributed by atoms with Gasteiger partial charge in [-0.15, -0.1) is 0 Å². The molecule has 0 aromatic carbocycles. The molecule has 0 aliphatic rings. The van der Waals surface area contributed by atoms with Crippen molar-refractivity contribution in [3.8, 4) is 0 Å². The van der Waals surface area contributed by atoms with Crippen molar-refractivity contribution in [2.75, 3.05) is 6.67 Å². The standard InChI is InChI=1S/C7H12O4.C6H10FNO4/c8-6(9)4-2-1-3-5-7(10)11;7-3-6(8,5(11)12)2-1-4(9)10/h1-5H2,(H,8,9)(H,10,11);1-3,8H2,(H,9,10)(H,11,12). The summed E-state index contributed by atoms with van der Waals surface area (Å²) in [5.41, 5.74) is 2.99. The van der Waals surface area contributed by atoms with Gasteiger partial charge in [-0.1, -0.05) is 6.42 Å². The van der Waals surface area contributed by atoms with Crippen molar-refractivity contribution >= 4 is 23.9 Å². The fourth-order valence-corrected chi connectivity index (χ4v) is 1.29. The summed E-state index contributed by atoms with van der Waals surface area (Å²) in [4.78, 5) is 40.3. The second-order valence-electron chi connectivity index (χ2n) is 4.84. The minimum atomic E-state index is -2.06. The van der Waals surface area contributed by atoms with E-state index in [1.807, 2.05) is 0 Å². The predicted molar refractivity (Wildman–Crippen MR) is 75.8 cm³/mol. The number of unbranched alkanes of at least 4 members (excludes halogenated alkanes) is 2. The Balaban J connectivity index is 0. The van der Waals surface area contributed by atoms with Gasteiger partial charge in [-0.2, -0.15) is 0 Å². The summed E-state index contributed by atoms with van der Waals surface area (Å²) in [6.45, 7) is -1.27. The minimum Gasteiger partial charge on any atom is -0.481 e. The first-order valence-corrected chi connectivity index (χ1v) is 6.78. The first-order valence-electron chi connectivity index (χ1n) is 6.78. The number of nitrogens with two attached hydrogens (primary N) is 1.